The summed E-state index contributed by atoms with van der Waals surface area (Å²) < 4.78 is 53.4. The molecule has 0 aliphatic carbocycles. The fraction of sp³-hybridized carbons (Fsp3) is 0.0769. The van der Waals surface area contributed by atoms with Crippen molar-refractivity contribution in [3.05, 3.63) is 68.7 Å². The van der Waals surface area contributed by atoms with E-state index in [0.29, 0.717) is 0 Å². The molecule has 0 fully saturated rings. The quantitative estimate of drug-likeness (QED) is 0.335. The van der Waals surface area contributed by atoms with Gasteiger partial charge in [0, 0.05) is 10.6 Å². The lowest BCUT2D eigenvalue weighted by atomic mass is 10.0. The second-order valence-electron chi connectivity index (χ2n) is 3.94. The van der Waals surface area contributed by atoms with Crippen LogP contribution in [0.1, 0.15) is 16.0 Å². The molecule has 2 aromatic carbocycles. The average Bonchev–Trinajstić information content (AvgIpc) is 2.37. The van der Waals surface area contributed by atoms with Crippen LogP contribution in [0.3, 0.4) is 0 Å². The lowest BCUT2D eigenvalue weighted by Gasteiger charge is -2.14. The predicted molar refractivity (Wildman–Crippen MR) is 73.5 cm³/mol. The molecular weight excluding hydrogens is 383 g/mol. The Kier molecular flexibility index (Phi) is 4.62. The van der Waals surface area contributed by atoms with Crippen LogP contribution in [-0.4, -0.2) is 0 Å². The zero-order chi connectivity index (χ0) is 15.0. The maximum absolute atomic E-state index is 13.8. The molecule has 0 spiro atoms. The van der Waals surface area contributed by atoms with Crippen molar-refractivity contribution in [1.29, 1.82) is 0 Å². The van der Waals surface area contributed by atoms with E-state index in [1.54, 1.807) is 0 Å². The molecule has 2 rings (SSSR count). The molecule has 0 heterocycles. The van der Waals surface area contributed by atoms with E-state index in [1.807, 2.05) is 0 Å². The maximum Gasteiger partial charge on any atom is 0.160 e. The van der Waals surface area contributed by atoms with Gasteiger partial charge < -0.3 is 0 Å². The van der Waals surface area contributed by atoms with E-state index in [1.165, 1.54) is 0 Å². The summed E-state index contributed by atoms with van der Waals surface area (Å²) in [7, 11) is 0. The molecule has 0 aliphatic rings. The minimum absolute atomic E-state index is 0.0752. The first-order valence-electron chi connectivity index (χ1n) is 5.24. The van der Waals surface area contributed by atoms with Crippen LogP contribution in [0.5, 0.6) is 0 Å². The van der Waals surface area contributed by atoms with Gasteiger partial charge in [0.15, 0.2) is 11.6 Å². The van der Waals surface area contributed by atoms with Gasteiger partial charge in [0.2, 0.25) is 0 Å². The second kappa shape index (κ2) is 5.92. The first-order chi connectivity index (χ1) is 9.31. The Balaban J connectivity index is 2.54. The minimum Gasteiger partial charge on any atom is -0.207 e. The van der Waals surface area contributed by atoms with E-state index in [2.05, 4.69) is 15.9 Å². The molecule has 2 aromatic rings. The molecule has 20 heavy (non-hydrogen) atoms. The highest BCUT2D eigenvalue weighted by molar-refractivity contribution is 9.09. The van der Waals surface area contributed by atoms with Crippen LogP contribution in [0.25, 0.3) is 0 Å². The van der Waals surface area contributed by atoms with Gasteiger partial charge in [-0.3, -0.25) is 0 Å². The smallest absolute Gasteiger partial charge is 0.160 e. The van der Waals surface area contributed by atoms with Gasteiger partial charge in [-0.25, -0.2) is 17.6 Å². The Labute approximate surface area is 130 Å². The van der Waals surface area contributed by atoms with Gasteiger partial charge in [0.05, 0.1) is 9.85 Å². The van der Waals surface area contributed by atoms with Crippen LogP contribution in [0.4, 0.5) is 17.6 Å². The normalized spacial score (nSPS) is 12.6. The average molecular weight is 388 g/mol. The predicted octanol–water partition coefficient (Wildman–Crippen LogP) is 6.03. The van der Waals surface area contributed by atoms with E-state index in [9.17, 15) is 17.6 Å². The highest BCUT2D eigenvalue weighted by atomic mass is 79.9. The van der Waals surface area contributed by atoms with Gasteiger partial charge >= 0.3 is 0 Å². The standard InChI is InChI=1S/C13H5BrCl2F4/c14-13(5-1-11(19)12(20)3-7(5)15)6-2-10(18)8(16)4-9(6)17/h1-4,13H. The van der Waals surface area contributed by atoms with Crippen molar-refractivity contribution in [3.8, 4) is 0 Å². The zero-order valence-electron chi connectivity index (χ0n) is 9.53. The summed E-state index contributed by atoms with van der Waals surface area (Å²) >= 11 is 14.3. The van der Waals surface area contributed by atoms with Crippen LogP contribution < -0.4 is 0 Å². The van der Waals surface area contributed by atoms with Gasteiger partial charge in [-0.05, 0) is 29.8 Å². The summed E-state index contributed by atoms with van der Waals surface area (Å²) in [6.45, 7) is 0. The second-order valence-corrected chi connectivity index (χ2v) is 5.67. The molecule has 0 amide bonds. The molecule has 0 nitrogen and oxygen atoms in total. The van der Waals surface area contributed by atoms with Crippen LogP contribution in [-0.2, 0) is 0 Å². The zero-order valence-corrected chi connectivity index (χ0v) is 12.6. The van der Waals surface area contributed by atoms with Crippen molar-refractivity contribution >= 4 is 39.1 Å². The monoisotopic (exact) mass is 386 g/mol. The molecule has 1 atom stereocenters. The van der Waals surface area contributed by atoms with Gasteiger partial charge in [0.25, 0.3) is 0 Å². The fourth-order valence-electron chi connectivity index (χ4n) is 1.63. The first-order valence-corrected chi connectivity index (χ1v) is 6.91. The number of hydrogen-bond acceptors (Lipinski definition) is 0. The molecule has 1 unspecified atom stereocenters. The molecule has 7 heteroatoms. The summed E-state index contributed by atoms with van der Waals surface area (Å²) in [6.07, 6.45) is 0. The third kappa shape index (κ3) is 2.95. The van der Waals surface area contributed by atoms with E-state index < -0.39 is 28.1 Å². The van der Waals surface area contributed by atoms with Crippen molar-refractivity contribution in [3.63, 3.8) is 0 Å². The number of hydrogen-bond donors (Lipinski definition) is 0. The van der Waals surface area contributed by atoms with Crippen molar-refractivity contribution in [2.24, 2.45) is 0 Å². The molecule has 0 bridgehead atoms. The van der Waals surface area contributed by atoms with Crippen LogP contribution in [0.15, 0.2) is 24.3 Å². The Morgan fingerprint density at radius 1 is 0.700 bits per heavy atom. The molecule has 0 radical (unpaired) electrons. The summed E-state index contributed by atoms with van der Waals surface area (Å²) in [6, 6.07) is 3.26. The Morgan fingerprint density at radius 3 is 1.85 bits per heavy atom. The summed E-state index contributed by atoms with van der Waals surface area (Å²) in [5, 5.41) is -0.483. The number of alkyl halides is 1. The molecule has 0 N–H and O–H groups in total. The maximum atomic E-state index is 13.8. The van der Waals surface area contributed by atoms with Gasteiger partial charge in [-0.15, -0.1) is 0 Å². The molecule has 0 saturated carbocycles. The first kappa shape index (κ1) is 15.6. The van der Waals surface area contributed by atoms with Crippen LogP contribution >= 0.6 is 39.1 Å². The van der Waals surface area contributed by atoms with Crippen molar-refractivity contribution in [2.75, 3.05) is 0 Å². The Hall–Kier alpha value is -0.780. The molecule has 106 valence electrons. The van der Waals surface area contributed by atoms with Gasteiger partial charge in [-0.2, -0.15) is 0 Å². The van der Waals surface area contributed by atoms with E-state index in [0.717, 1.165) is 24.3 Å². The largest absolute Gasteiger partial charge is 0.207 e. The lowest BCUT2D eigenvalue weighted by molar-refractivity contribution is 0.507. The van der Waals surface area contributed by atoms with E-state index >= 15 is 0 Å². The molecular formula is C13H5BrCl2F4. The van der Waals surface area contributed by atoms with E-state index in [4.69, 9.17) is 23.2 Å². The van der Waals surface area contributed by atoms with Crippen molar-refractivity contribution in [1.82, 2.24) is 0 Å². The lowest BCUT2D eigenvalue weighted by Crippen LogP contribution is -2.01. The van der Waals surface area contributed by atoms with E-state index in [-0.39, 0.29) is 21.2 Å². The van der Waals surface area contributed by atoms with Crippen LogP contribution in [0.2, 0.25) is 10.0 Å². The highest BCUT2D eigenvalue weighted by Gasteiger charge is 2.21. The summed E-state index contributed by atoms with van der Waals surface area (Å²) in [4.78, 5) is -0.947. The third-order valence-electron chi connectivity index (χ3n) is 2.63. The number of rotatable bonds is 2. The van der Waals surface area contributed by atoms with Crippen LogP contribution in [0, 0.1) is 23.3 Å². The number of halogens is 7. The molecule has 0 saturated heterocycles. The summed E-state index contributed by atoms with van der Waals surface area (Å²) in [5.74, 6) is -3.88. The van der Waals surface area contributed by atoms with Crippen molar-refractivity contribution < 1.29 is 17.6 Å². The Morgan fingerprint density at radius 2 is 1.20 bits per heavy atom. The highest BCUT2D eigenvalue weighted by Crippen LogP contribution is 2.38. The minimum atomic E-state index is -1.14. The van der Waals surface area contributed by atoms with Gasteiger partial charge in [0.1, 0.15) is 11.6 Å². The molecule has 0 aromatic heterocycles. The Bertz CT molecular complexity index is 618. The topological polar surface area (TPSA) is 0 Å². The third-order valence-corrected chi connectivity index (χ3v) is 4.23. The number of benzene rings is 2. The van der Waals surface area contributed by atoms with Crippen molar-refractivity contribution in [2.45, 2.75) is 4.83 Å². The molecule has 0 aliphatic heterocycles. The SMILES string of the molecule is Fc1cc(Cl)c(C(Br)c2cc(F)c(Cl)cc2F)cc1F. The van der Waals surface area contributed by atoms with Gasteiger partial charge in [-0.1, -0.05) is 39.1 Å². The fourth-order valence-corrected chi connectivity index (χ4v) is 2.90. The summed E-state index contributed by atoms with van der Waals surface area (Å²) in [5.41, 5.74) is -0.0500.